The predicted octanol–water partition coefficient (Wildman–Crippen LogP) is 3.32. The zero-order valence-electron chi connectivity index (χ0n) is 12.6. The molecule has 1 aromatic heterocycles. The Labute approximate surface area is 134 Å². The number of aryl methyl sites for hydroxylation is 1. The van der Waals surface area contributed by atoms with E-state index in [4.69, 9.17) is 0 Å². The number of rotatable bonds is 6. The lowest BCUT2D eigenvalue weighted by Gasteiger charge is -2.08. The molecule has 1 N–H and O–H groups in total. The molecule has 1 fully saturated rings. The second-order valence-corrected chi connectivity index (χ2v) is 7.85. The van der Waals surface area contributed by atoms with Gasteiger partial charge in [0.1, 0.15) is 0 Å². The van der Waals surface area contributed by atoms with Gasteiger partial charge in [0.15, 0.2) is 4.34 Å². The van der Waals surface area contributed by atoms with Crippen molar-refractivity contribution in [3.8, 4) is 0 Å². The van der Waals surface area contributed by atoms with Crippen LogP contribution in [0.3, 0.4) is 0 Å². The molecule has 0 atom stereocenters. The summed E-state index contributed by atoms with van der Waals surface area (Å²) in [6.07, 6.45) is 2.66. The molecule has 1 heterocycles. The number of hydrogen-bond donors (Lipinski definition) is 1. The van der Waals surface area contributed by atoms with Crippen LogP contribution in [0.25, 0.3) is 0 Å². The average Bonchev–Trinajstić information content (AvgIpc) is 3.16. The Morgan fingerprint density at radius 1 is 1.33 bits per heavy atom. The van der Waals surface area contributed by atoms with Crippen molar-refractivity contribution in [2.75, 3.05) is 19.0 Å². The van der Waals surface area contributed by atoms with E-state index < -0.39 is 0 Å². The molecule has 0 bridgehead atoms. The number of hydrogen-bond acceptors (Lipinski definition) is 6. The normalized spacial score (nSPS) is 14.4. The van der Waals surface area contributed by atoms with Gasteiger partial charge < -0.3 is 10.2 Å². The highest BCUT2D eigenvalue weighted by atomic mass is 32.2. The molecule has 1 saturated carbocycles. The van der Waals surface area contributed by atoms with E-state index in [1.54, 1.807) is 23.1 Å². The van der Waals surface area contributed by atoms with Crippen LogP contribution < -0.4 is 10.2 Å². The third-order valence-corrected chi connectivity index (χ3v) is 5.71. The number of benzene rings is 1. The van der Waals surface area contributed by atoms with Crippen molar-refractivity contribution in [3.05, 3.63) is 29.3 Å². The van der Waals surface area contributed by atoms with Crippen molar-refractivity contribution in [3.63, 3.8) is 0 Å². The molecule has 6 heteroatoms. The highest BCUT2D eigenvalue weighted by Crippen LogP contribution is 2.34. The van der Waals surface area contributed by atoms with E-state index in [-0.39, 0.29) is 0 Å². The summed E-state index contributed by atoms with van der Waals surface area (Å²) in [4.78, 5) is 3.24. The maximum atomic E-state index is 4.24. The number of nitrogens with zero attached hydrogens (tertiary/aromatic N) is 3. The monoisotopic (exact) mass is 320 g/mol. The molecule has 1 aromatic carbocycles. The molecule has 112 valence electrons. The van der Waals surface area contributed by atoms with Crippen LogP contribution in [0.15, 0.2) is 27.4 Å². The van der Waals surface area contributed by atoms with Gasteiger partial charge in [0.25, 0.3) is 0 Å². The topological polar surface area (TPSA) is 41.1 Å². The molecular weight excluding hydrogens is 300 g/mol. The smallest absolute Gasteiger partial charge is 0.208 e. The van der Waals surface area contributed by atoms with Crippen molar-refractivity contribution < 1.29 is 0 Å². The van der Waals surface area contributed by atoms with Crippen molar-refractivity contribution >= 4 is 28.2 Å². The first-order chi connectivity index (χ1) is 10.1. The van der Waals surface area contributed by atoms with Gasteiger partial charge in [-0.3, -0.25) is 0 Å². The van der Waals surface area contributed by atoms with E-state index >= 15 is 0 Å². The Morgan fingerprint density at radius 3 is 2.76 bits per heavy atom. The summed E-state index contributed by atoms with van der Waals surface area (Å²) in [5, 5.41) is 12.9. The molecule has 0 saturated heterocycles. The number of nitrogens with one attached hydrogen (secondary N) is 1. The van der Waals surface area contributed by atoms with Crippen molar-refractivity contribution in [1.29, 1.82) is 0 Å². The van der Waals surface area contributed by atoms with Gasteiger partial charge in [-0.2, -0.15) is 0 Å². The number of aromatic nitrogens is 2. The summed E-state index contributed by atoms with van der Waals surface area (Å²) in [5.74, 6) is 0. The molecule has 3 rings (SSSR count). The second kappa shape index (κ2) is 6.34. The van der Waals surface area contributed by atoms with Crippen molar-refractivity contribution in [2.45, 2.75) is 41.6 Å². The van der Waals surface area contributed by atoms with Gasteiger partial charge >= 0.3 is 0 Å². The van der Waals surface area contributed by atoms with E-state index in [0.717, 1.165) is 22.1 Å². The molecule has 0 amide bonds. The van der Waals surface area contributed by atoms with E-state index in [0.29, 0.717) is 0 Å². The first-order valence-electron chi connectivity index (χ1n) is 7.13. The summed E-state index contributed by atoms with van der Waals surface area (Å²) < 4.78 is 0.991. The molecule has 0 spiro atoms. The van der Waals surface area contributed by atoms with Crippen LogP contribution in [0.4, 0.5) is 5.13 Å². The third-order valence-electron chi connectivity index (χ3n) is 3.39. The molecule has 21 heavy (non-hydrogen) atoms. The maximum Gasteiger partial charge on any atom is 0.208 e. The lowest BCUT2D eigenvalue weighted by molar-refractivity contribution is 0.687. The molecule has 2 aromatic rings. The first-order valence-corrected chi connectivity index (χ1v) is 8.77. The van der Waals surface area contributed by atoms with E-state index in [2.05, 4.69) is 40.6 Å². The summed E-state index contributed by atoms with van der Waals surface area (Å²) >= 11 is 3.32. The van der Waals surface area contributed by atoms with Gasteiger partial charge in [0.05, 0.1) is 0 Å². The second-order valence-electron chi connectivity index (χ2n) is 5.60. The van der Waals surface area contributed by atoms with Crippen LogP contribution in [-0.2, 0) is 6.54 Å². The SMILES string of the molecule is Cc1cc(CNC2CC2)ccc1Sc1nnc(N(C)C)s1. The van der Waals surface area contributed by atoms with Gasteiger partial charge in [-0.15, -0.1) is 10.2 Å². The third kappa shape index (κ3) is 3.96. The Balaban J connectivity index is 1.66. The molecule has 0 radical (unpaired) electrons. The van der Waals surface area contributed by atoms with Crippen LogP contribution in [-0.4, -0.2) is 30.3 Å². The van der Waals surface area contributed by atoms with Crippen LogP contribution in [0.2, 0.25) is 0 Å². The number of anilines is 1. The largest absolute Gasteiger partial charge is 0.353 e. The van der Waals surface area contributed by atoms with Crippen LogP contribution in [0.5, 0.6) is 0 Å². The fourth-order valence-electron chi connectivity index (χ4n) is 2.00. The minimum Gasteiger partial charge on any atom is -0.353 e. The zero-order chi connectivity index (χ0) is 14.8. The van der Waals surface area contributed by atoms with Gasteiger partial charge in [-0.25, -0.2) is 0 Å². The van der Waals surface area contributed by atoms with Gasteiger partial charge in [0.2, 0.25) is 5.13 Å². The molecule has 0 aliphatic heterocycles. The van der Waals surface area contributed by atoms with Crippen LogP contribution >= 0.6 is 23.1 Å². The zero-order valence-corrected chi connectivity index (χ0v) is 14.2. The molecule has 1 aliphatic rings. The molecular formula is C15H20N4S2. The van der Waals surface area contributed by atoms with Crippen molar-refractivity contribution in [2.24, 2.45) is 0 Å². The summed E-state index contributed by atoms with van der Waals surface area (Å²) in [6, 6.07) is 7.43. The molecule has 4 nitrogen and oxygen atoms in total. The first kappa shape index (κ1) is 14.8. The Kier molecular flexibility index (Phi) is 4.47. The lowest BCUT2D eigenvalue weighted by atomic mass is 10.1. The van der Waals surface area contributed by atoms with Crippen LogP contribution in [0, 0.1) is 6.92 Å². The molecule has 1 aliphatic carbocycles. The summed E-state index contributed by atoms with van der Waals surface area (Å²) in [5.41, 5.74) is 2.66. The van der Waals surface area contributed by atoms with Gasteiger partial charge in [0, 0.05) is 31.6 Å². The Morgan fingerprint density at radius 2 is 2.14 bits per heavy atom. The van der Waals surface area contributed by atoms with E-state index in [9.17, 15) is 0 Å². The summed E-state index contributed by atoms with van der Waals surface area (Å²) in [7, 11) is 3.98. The molecule has 0 unspecified atom stereocenters. The lowest BCUT2D eigenvalue weighted by Crippen LogP contribution is -2.15. The predicted molar refractivity (Wildman–Crippen MR) is 89.4 cm³/mol. The highest BCUT2D eigenvalue weighted by Gasteiger charge is 2.20. The van der Waals surface area contributed by atoms with Gasteiger partial charge in [-0.1, -0.05) is 35.2 Å². The quantitative estimate of drug-likeness (QED) is 0.884. The summed E-state index contributed by atoms with van der Waals surface area (Å²) in [6.45, 7) is 3.14. The minimum absolute atomic E-state index is 0.755. The fraction of sp³-hybridized carbons (Fsp3) is 0.467. The van der Waals surface area contributed by atoms with Crippen LogP contribution in [0.1, 0.15) is 24.0 Å². The van der Waals surface area contributed by atoms with E-state index in [1.807, 2.05) is 19.0 Å². The standard InChI is InChI=1S/C15H20N4S2/c1-10-8-11(9-16-12-5-6-12)4-7-13(10)20-15-18-17-14(21-15)19(2)3/h4,7-8,12,16H,5-6,9H2,1-3H3. The highest BCUT2D eigenvalue weighted by molar-refractivity contribution is 8.01. The fourth-order valence-corrected chi connectivity index (χ4v) is 3.79. The average molecular weight is 320 g/mol. The minimum atomic E-state index is 0.755. The van der Waals surface area contributed by atoms with Gasteiger partial charge in [-0.05, 0) is 37.0 Å². The Bertz CT molecular complexity index is 620. The maximum absolute atomic E-state index is 4.24. The Hall–Kier alpha value is -1.11. The van der Waals surface area contributed by atoms with E-state index in [1.165, 1.54) is 28.9 Å². The van der Waals surface area contributed by atoms with Crippen molar-refractivity contribution in [1.82, 2.24) is 15.5 Å².